The lowest BCUT2D eigenvalue weighted by molar-refractivity contribution is -0.141. The van der Waals surface area contributed by atoms with E-state index in [1.54, 1.807) is 78.9 Å². The van der Waals surface area contributed by atoms with Gasteiger partial charge in [-0.3, -0.25) is 28.8 Å². The number of rotatable bonds is 15. The number of halogens is 2. The smallest absolute Gasteiger partial charge is 0.305 e. The fourth-order valence-corrected chi connectivity index (χ4v) is 5.16. The third-order valence-electron chi connectivity index (χ3n) is 7.16. The first-order valence-corrected chi connectivity index (χ1v) is 15.4. The van der Waals surface area contributed by atoms with E-state index in [0.29, 0.717) is 32.2 Å². The number of aromatic amines is 1. The van der Waals surface area contributed by atoms with Gasteiger partial charge in [-0.1, -0.05) is 59.6 Å². The molecule has 0 saturated heterocycles. The van der Waals surface area contributed by atoms with Crippen molar-refractivity contribution in [1.29, 1.82) is 0 Å². The van der Waals surface area contributed by atoms with E-state index in [0.717, 1.165) is 0 Å². The summed E-state index contributed by atoms with van der Waals surface area (Å²) in [4.78, 5) is 79.4. The summed E-state index contributed by atoms with van der Waals surface area (Å²) < 4.78 is 0. The predicted molar refractivity (Wildman–Crippen MR) is 178 cm³/mol. The molecule has 0 fully saturated rings. The van der Waals surface area contributed by atoms with Crippen molar-refractivity contribution in [3.8, 4) is 0 Å². The molecule has 4 rings (SSSR count). The first kappa shape index (κ1) is 35.5. The second-order valence-electron chi connectivity index (χ2n) is 10.7. The average molecular weight is 697 g/mol. The molecule has 0 saturated carbocycles. The van der Waals surface area contributed by atoms with E-state index in [4.69, 9.17) is 23.2 Å². The Morgan fingerprint density at radius 2 is 1.38 bits per heavy atom. The van der Waals surface area contributed by atoms with Crippen LogP contribution in [0.25, 0.3) is 10.9 Å². The van der Waals surface area contributed by atoms with Crippen molar-refractivity contribution in [3.05, 3.63) is 100 Å². The van der Waals surface area contributed by atoms with Gasteiger partial charge in [0.1, 0.15) is 23.8 Å². The molecule has 0 bridgehead atoms. The number of para-hydroxylation sites is 1. The van der Waals surface area contributed by atoms with Crippen LogP contribution in [0.4, 0.5) is 5.69 Å². The third kappa shape index (κ3) is 10.0. The van der Waals surface area contributed by atoms with Crippen molar-refractivity contribution in [2.45, 2.75) is 43.8 Å². The topological polar surface area (TPSA) is 207 Å². The van der Waals surface area contributed by atoms with Gasteiger partial charge in [0.05, 0.1) is 6.42 Å². The molecule has 3 aromatic carbocycles. The number of aliphatic carboxylic acids is 2. The van der Waals surface area contributed by atoms with Crippen LogP contribution in [-0.2, 0) is 30.4 Å². The number of carboxylic acids is 2. The molecule has 4 aromatic rings. The zero-order chi connectivity index (χ0) is 34.8. The summed E-state index contributed by atoms with van der Waals surface area (Å²) in [5.41, 5.74) is 1.58. The number of carbonyl (C=O) groups excluding carboxylic acids is 4. The van der Waals surface area contributed by atoms with Gasteiger partial charge in [-0.15, -0.1) is 0 Å². The Morgan fingerprint density at radius 3 is 2.06 bits per heavy atom. The molecule has 0 unspecified atom stereocenters. The summed E-state index contributed by atoms with van der Waals surface area (Å²) in [5, 5.41) is 30.1. The zero-order valence-corrected chi connectivity index (χ0v) is 26.7. The number of carbonyl (C=O) groups is 6. The third-order valence-corrected chi connectivity index (χ3v) is 7.77. The van der Waals surface area contributed by atoms with Crippen LogP contribution in [0.15, 0.2) is 78.9 Å². The van der Waals surface area contributed by atoms with E-state index in [9.17, 15) is 39.0 Å². The van der Waals surface area contributed by atoms with Gasteiger partial charge in [-0.25, -0.2) is 0 Å². The van der Waals surface area contributed by atoms with E-state index in [1.807, 2.05) is 0 Å². The quantitative estimate of drug-likeness (QED) is 0.0972. The fourth-order valence-electron chi connectivity index (χ4n) is 4.77. The minimum atomic E-state index is -1.72. The minimum Gasteiger partial charge on any atom is -0.481 e. The summed E-state index contributed by atoms with van der Waals surface area (Å²) in [7, 11) is 0. The van der Waals surface area contributed by atoms with Crippen molar-refractivity contribution >= 4 is 75.4 Å². The van der Waals surface area contributed by atoms with Gasteiger partial charge in [0.2, 0.25) is 17.7 Å². The SMILES string of the molecule is O=C(O)CC[C@H](NC(=O)[C@H](CC(=O)O)NC(=O)[C@H](Cc1ccccc1Cl)NC(=O)c1cc2cc(Cl)ccc2[nH]1)C(=O)Nc1ccccc1. The molecule has 7 N–H and O–H groups in total. The molecule has 15 heteroatoms. The van der Waals surface area contributed by atoms with Crippen molar-refractivity contribution in [1.82, 2.24) is 20.9 Å². The normalized spacial score (nSPS) is 12.7. The molecule has 4 amide bonds. The molecule has 0 aliphatic heterocycles. The molecule has 48 heavy (non-hydrogen) atoms. The maximum atomic E-state index is 13.7. The van der Waals surface area contributed by atoms with Gasteiger partial charge in [0, 0.05) is 39.5 Å². The van der Waals surface area contributed by atoms with Crippen LogP contribution >= 0.6 is 23.2 Å². The number of nitrogens with one attached hydrogen (secondary N) is 5. The van der Waals surface area contributed by atoms with Crippen LogP contribution in [0.2, 0.25) is 10.0 Å². The summed E-state index contributed by atoms with van der Waals surface area (Å²) in [6.07, 6.45) is -1.84. The number of aromatic nitrogens is 1. The maximum absolute atomic E-state index is 13.7. The Kier molecular flexibility index (Phi) is 12.1. The average Bonchev–Trinajstić information content (AvgIpc) is 3.47. The number of carboxylic acid groups (broad SMARTS) is 2. The summed E-state index contributed by atoms with van der Waals surface area (Å²) in [6, 6.07) is 16.8. The largest absolute Gasteiger partial charge is 0.481 e. The van der Waals surface area contributed by atoms with Gasteiger partial charge in [0.15, 0.2) is 0 Å². The van der Waals surface area contributed by atoms with Crippen LogP contribution in [-0.4, -0.2) is 68.9 Å². The number of hydrogen-bond donors (Lipinski definition) is 7. The van der Waals surface area contributed by atoms with E-state index in [-0.39, 0.29) is 18.5 Å². The van der Waals surface area contributed by atoms with Crippen LogP contribution in [0.1, 0.15) is 35.3 Å². The molecule has 13 nitrogen and oxygen atoms in total. The highest BCUT2D eigenvalue weighted by Gasteiger charge is 2.32. The van der Waals surface area contributed by atoms with Crippen molar-refractivity contribution in [2.24, 2.45) is 0 Å². The molecule has 250 valence electrons. The van der Waals surface area contributed by atoms with E-state index >= 15 is 0 Å². The number of hydrogen-bond acceptors (Lipinski definition) is 6. The van der Waals surface area contributed by atoms with Gasteiger partial charge in [-0.05, 0) is 54.4 Å². The first-order valence-electron chi connectivity index (χ1n) is 14.6. The van der Waals surface area contributed by atoms with Crippen molar-refractivity contribution < 1.29 is 39.0 Å². The Morgan fingerprint density at radius 1 is 0.708 bits per heavy atom. The van der Waals surface area contributed by atoms with E-state index in [1.165, 1.54) is 0 Å². The number of H-pyrrole nitrogens is 1. The number of anilines is 1. The monoisotopic (exact) mass is 695 g/mol. The maximum Gasteiger partial charge on any atom is 0.305 e. The summed E-state index contributed by atoms with van der Waals surface area (Å²) in [5.74, 6) is -6.08. The van der Waals surface area contributed by atoms with E-state index < -0.39 is 66.5 Å². The Labute approximate surface area is 284 Å². The number of benzene rings is 3. The van der Waals surface area contributed by atoms with Crippen LogP contribution in [0, 0.1) is 0 Å². The first-order chi connectivity index (χ1) is 22.9. The highest BCUT2D eigenvalue weighted by molar-refractivity contribution is 6.31. The van der Waals surface area contributed by atoms with Gasteiger partial charge in [0.25, 0.3) is 5.91 Å². The second kappa shape index (κ2) is 16.4. The number of fused-ring (bicyclic) bond motifs is 1. The molecule has 3 atom stereocenters. The summed E-state index contributed by atoms with van der Waals surface area (Å²) in [6.45, 7) is 0. The van der Waals surface area contributed by atoms with Gasteiger partial charge < -0.3 is 36.5 Å². The van der Waals surface area contributed by atoms with Crippen LogP contribution in [0.5, 0.6) is 0 Å². The Hall–Kier alpha value is -5.40. The Bertz CT molecular complexity index is 1830. The molecule has 0 aliphatic carbocycles. The molecular weight excluding hydrogens is 665 g/mol. The molecule has 0 aliphatic rings. The minimum absolute atomic E-state index is 0.106. The van der Waals surface area contributed by atoms with Crippen LogP contribution < -0.4 is 21.3 Å². The molecular formula is C33H31Cl2N5O8. The molecule has 1 aromatic heterocycles. The lowest BCUT2D eigenvalue weighted by atomic mass is 10.0. The van der Waals surface area contributed by atoms with Gasteiger partial charge >= 0.3 is 11.9 Å². The van der Waals surface area contributed by atoms with Crippen LogP contribution in [0.3, 0.4) is 0 Å². The highest BCUT2D eigenvalue weighted by atomic mass is 35.5. The van der Waals surface area contributed by atoms with E-state index in [2.05, 4.69) is 26.3 Å². The molecule has 1 heterocycles. The summed E-state index contributed by atoms with van der Waals surface area (Å²) >= 11 is 12.4. The molecule has 0 radical (unpaired) electrons. The number of amides is 4. The predicted octanol–water partition coefficient (Wildman–Crippen LogP) is 3.76. The fraction of sp³-hybridized carbons (Fsp3) is 0.212. The molecule has 0 spiro atoms. The second-order valence-corrected chi connectivity index (χ2v) is 11.6. The Balaban J connectivity index is 1.56. The van der Waals surface area contributed by atoms with Crippen molar-refractivity contribution in [3.63, 3.8) is 0 Å². The highest BCUT2D eigenvalue weighted by Crippen LogP contribution is 2.21. The standard InChI is InChI=1S/C33H31Cl2N5O8/c34-20-10-11-23-19(14-20)16-25(37-23)31(46)39-26(15-18-6-4-5-9-22(18)35)32(47)40-27(17-29(43)44)33(48)38-24(12-13-28(41)42)30(45)36-21-7-2-1-3-8-21/h1-11,14,16,24,26-27,37H,12-13,15,17H2,(H,36,45)(H,38,48)(H,39,46)(H,40,47)(H,41,42)(H,43,44)/t24-,26-,27-/m0/s1. The van der Waals surface area contributed by atoms with Gasteiger partial charge in [-0.2, -0.15) is 0 Å². The lowest BCUT2D eigenvalue weighted by Crippen LogP contribution is -2.57. The zero-order valence-electron chi connectivity index (χ0n) is 25.2. The lowest BCUT2D eigenvalue weighted by Gasteiger charge is -2.25. The van der Waals surface area contributed by atoms with Crippen molar-refractivity contribution in [2.75, 3.05) is 5.32 Å².